The molecule has 2 aliphatic rings. The van der Waals surface area contributed by atoms with E-state index < -0.39 is 24.3 Å². The Labute approximate surface area is 212 Å². The molecule has 0 unspecified atom stereocenters. The lowest BCUT2D eigenvalue weighted by atomic mass is 9.84. The first-order valence-electron chi connectivity index (χ1n) is 11.8. The van der Waals surface area contributed by atoms with Gasteiger partial charge in [-0.15, -0.1) is 0 Å². The molecule has 0 aliphatic carbocycles. The van der Waals surface area contributed by atoms with Crippen LogP contribution in [0.2, 0.25) is 5.02 Å². The molecule has 36 heavy (non-hydrogen) atoms. The normalized spacial score (nSPS) is 17.6. The van der Waals surface area contributed by atoms with E-state index in [2.05, 4.69) is 10.3 Å². The van der Waals surface area contributed by atoms with Crippen LogP contribution in [0.15, 0.2) is 42.7 Å². The van der Waals surface area contributed by atoms with Crippen LogP contribution < -0.4 is 5.32 Å². The largest absolute Gasteiger partial charge is 0.394 e. The van der Waals surface area contributed by atoms with Gasteiger partial charge in [0.25, 0.3) is 5.91 Å². The number of aliphatic hydroxyl groups is 1. The van der Waals surface area contributed by atoms with Crippen molar-refractivity contribution in [2.75, 3.05) is 31.7 Å². The van der Waals surface area contributed by atoms with Crippen LogP contribution in [0.3, 0.4) is 0 Å². The molecular formula is C26H27ClF2N4O3. The smallest absolute Gasteiger partial charge is 0.271 e. The zero-order chi connectivity index (χ0) is 25.6. The fourth-order valence-electron chi connectivity index (χ4n) is 4.92. The van der Waals surface area contributed by atoms with Crippen LogP contribution in [0.5, 0.6) is 0 Å². The van der Waals surface area contributed by atoms with E-state index in [1.165, 1.54) is 11.0 Å². The molecule has 2 aliphatic heterocycles. The lowest BCUT2D eigenvalue weighted by Gasteiger charge is -2.44. The maximum atomic E-state index is 14.0. The Hall–Kier alpha value is -3.01. The van der Waals surface area contributed by atoms with E-state index in [-0.39, 0.29) is 17.4 Å². The van der Waals surface area contributed by atoms with Crippen LogP contribution in [0.1, 0.15) is 35.9 Å². The molecule has 1 amide bonds. The summed E-state index contributed by atoms with van der Waals surface area (Å²) in [4.78, 5) is 19.7. The molecule has 1 spiro atoms. The number of nitrogens with one attached hydrogen (secondary N) is 1. The van der Waals surface area contributed by atoms with Gasteiger partial charge in [-0.25, -0.2) is 13.8 Å². The van der Waals surface area contributed by atoms with Crippen LogP contribution >= 0.6 is 11.6 Å². The topological polar surface area (TPSA) is 79.6 Å². The number of halogens is 3. The molecule has 1 fully saturated rings. The average molecular weight is 517 g/mol. The molecule has 1 saturated heterocycles. The van der Waals surface area contributed by atoms with Gasteiger partial charge in [-0.2, -0.15) is 0 Å². The number of rotatable bonds is 6. The van der Waals surface area contributed by atoms with Gasteiger partial charge in [-0.05, 0) is 43.7 Å². The molecule has 190 valence electrons. The third-order valence-electron chi connectivity index (χ3n) is 6.69. The fraction of sp³-hybridized carbons (Fsp3) is 0.385. The second kappa shape index (κ2) is 9.46. The highest BCUT2D eigenvalue weighted by molar-refractivity contribution is 6.33. The number of hydrogen-bond acceptors (Lipinski definition) is 5. The first-order chi connectivity index (χ1) is 17.2. The number of carbonyl (C=O) groups is 1. The number of hydrogen-bond donors (Lipinski definition) is 2. The third kappa shape index (κ3) is 4.47. The summed E-state index contributed by atoms with van der Waals surface area (Å²) in [5.74, 6) is -1.67. The van der Waals surface area contributed by atoms with E-state index >= 15 is 0 Å². The number of aliphatic hydroxyl groups excluding tert-OH is 1. The van der Waals surface area contributed by atoms with Crippen molar-refractivity contribution < 1.29 is 23.4 Å². The number of amides is 1. The molecule has 2 N–H and O–H groups in total. The molecule has 0 bridgehead atoms. The maximum Gasteiger partial charge on any atom is 0.271 e. The molecule has 3 aromatic rings. The fourth-order valence-corrected chi connectivity index (χ4v) is 5.13. The third-order valence-corrected chi connectivity index (χ3v) is 6.99. The number of aromatic nitrogens is 2. The molecule has 7 nitrogen and oxygen atoms in total. The van der Waals surface area contributed by atoms with E-state index in [0.717, 1.165) is 23.3 Å². The van der Waals surface area contributed by atoms with Crippen molar-refractivity contribution in [2.45, 2.75) is 32.5 Å². The zero-order valence-electron chi connectivity index (χ0n) is 20.0. The predicted molar refractivity (Wildman–Crippen MR) is 132 cm³/mol. The minimum atomic E-state index is -1.03. The molecule has 4 heterocycles. The predicted octanol–water partition coefficient (Wildman–Crippen LogP) is 4.51. The van der Waals surface area contributed by atoms with Crippen molar-refractivity contribution in [3.8, 4) is 11.1 Å². The Morgan fingerprint density at radius 2 is 1.97 bits per heavy atom. The second-order valence-corrected chi connectivity index (χ2v) is 10.3. The molecule has 10 heteroatoms. The van der Waals surface area contributed by atoms with E-state index in [0.29, 0.717) is 48.4 Å². The van der Waals surface area contributed by atoms with Crippen LogP contribution in [0.25, 0.3) is 11.1 Å². The van der Waals surface area contributed by atoms with Crippen molar-refractivity contribution >= 4 is 23.3 Å². The Morgan fingerprint density at radius 1 is 1.19 bits per heavy atom. The van der Waals surface area contributed by atoms with Crippen LogP contribution in [0, 0.1) is 17.0 Å². The summed E-state index contributed by atoms with van der Waals surface area (Å²) in [6.45, 7) is 5.30. The monoisotopic (exact) mass is 516 g/mol. The van der Waals surface area contributed by atoms with Crippen molar-refractivity contribution in [3.63, 3.8) is 0 Å². The Kier molecular flexibility index (Phi) is 6.48. The van der Waals surface area contributed by atoms with E-state index in [9.17, 15) is 18.7 Å². The number of pyridine rings is 1. The van der Waals surface area contributed by atoms with Gasteiger partial charge < -0.3 is 24.6 Å². The average Bonchev–Trinajstić information content (AvgIpc) is 3.18. The van der Waals surface area contributed by atoms with Gasteiger partial charge in [0.15, 0.2) is 11.6 Å². The standard InChI is InChI=1S/C26H27ClF2N4O3/c1-15(2)31-24-7-18(19(27)8-30-24)17-6-22-25(35)33(12-26(13-36-14-26)11-32(22)9-17)23(10-34)16-3-4-20(28)21(29)5-16/h3-9,15,23,34H,10-14H2,1-2H3,(H,30,31)/t23-/m1/s1. The summed E-state index contributed by atoms with van der Waals surface area (Å²) in [5.41, 5.74) is 1.86. The summed E-state index contributed by atoms with van der Waals surface area (Å²) < 4.78 is 35.0. The van der Waals surface area contributed by atoms with Crippen LogP contribution in [-0.2, 0) is 11.3 Å². The molecule has 0 radical (unpaired) electrons. The highest BCUT2D eigenvalue weighted by Crippen LogP contribution is 2.40. The van der Waals surface area contributed by atoms with Crippen molar-refractivity contribution in [1.29, 1.82) is 0 Å². The highest BCUT2D eigenvalue weighted by atomic mass is 35.5. The van der Waals surface area contributed by atoms with Crippen molar-refractivity contribution in [1.82, 2.24) is 14.5 Å². The number of anilines is 1. The van der Waals surface area contributed by atoms with Crippen LogP contribution in [0.4, 0.5) is 14.6 Å². The van der Waals surface area contributed by atoms with Gasteiger partial charge in [-0.3, -0.25) is 4.79 Å². The van der Waals surface area contributed by atoms with Gasteiger partial charge in [0.2, 0.25) is 0 Å². The van der Waals surface area contributed by atoms with Gasteiger partial charge >= 0.3 is 0 Å². The minimum absolute atomic E-state index is 0.178. The second-order valence-electron chi connectivity index (χ2n) is 9.89. The molecule has 1 atom stereocenters. The number of carbonyl (C=O) groups excluding carboxylic acids is 1. The number of benzene rings is 1. The Morgan fingerprint density at radius 3 is 2.61 bits per heavy atom. The van der Waals surface area contributed by atoms with Gasteiger partial charge in [0.1, 0.15) is 11.5 Å². The van der Waals surface area contributed by atoms with Gasteiger partial charge in [0.05, 0.1) is 36.3 Å². The maximum absolute atomic E-state index is 14.0. The Balaban J connectivity index is 1.56. The van der Waals surface area contributed by atoms with Crippen molar-refractivity contribution in [2.24, 2.45) is 5.41 Å². The van der Waals surface area contributed by atoms with Crippen molar-refractivity contribution in [3.05, 3.63) is 70.6 Å². The van der Waals surface area contributed by atoms with Gasteiger partial charge in [-0.1, -0.05) is 17.7 Å². The number of fused-ring (bicyclic) bond motifs is 1. The summed E-state index contributed by atoms with van der Waals surface area (Å²) >= 11 is 6.49. The van der Waals surface area contributed by atoms with E-state index in [1.54, 1.807) is 12.3 Å². The minimum Gasteiger partial charge on any atom is -0.394 e. The SMILES string of the molecule is CC(C)Nc1cc(-c2cc3n(c2)CC2(COC2)CN([C@H](CO)c2ccc(F)c(F)c2)C3=O)c(Cl)cn1. The van der Waals surface area contributed by atoms with Crippen LogP contribution in [-0.4, -0.2) is 57.9 Å². The quantitative estimate of drug-likeness (QED) is 0.504. The summed E-state index contributed by atoms with van der Waals surface area (Å²) in [6, 6.07) is 6.38. The molecule has 2 aromatic heterocycles. The van der Waals surface area contributed by atoms with E-state index in [4.69, 9.17) is 16.3 Å². The summed E-state index contributed by atoms with van der Waals surface area (Å²) in [6.07, 6.45) is 3.47. The lowest BCUT2D eigenvalue weighted by Crippen LogP contribution is -2.53. The van der Waals surface area contributed by atoms with E-state index in [1.807, 2.05) is 30.7 Å². The first-order valence-corrected chi connectivity index (χ1v) is 12.1. The molecule has 0 saturated carbocycles. The summed E-state index contributed by atoms with van der Waals surface area (Å²) in [5, 5.41) is 14.0. The molecule has 5 rings (SSSR count). The first kappa shape index (κ1) is 24.7. The molecular weight excluding hydrogens is 490 g/mol. The number of ether oxygens (including phenoxy) is 1. The Bertz CT molecular complexity index is 1310. The zero-order valence-corrected chi connectivity index (χ0v) is 20.7. The number of nitrogens with zero attached hydrogens (tertiary/aromatic N) is 3. The molecule has 1 aromatic carbocycles. The lowest BCUT2D eigenvalue weighted by molar-refractivity contribution is -0.132. The summed E-state index contributed by atoms with van der Waals surface area (Å²) in [7, 11) is 0. The van der Waals surface area contributed by atoms with Gasteiger partial charge in [0, 0.05) is 42.7 Å². The highest BCUT2D eigenvalue weighted by Gasteiger charge is 2.46.